The largest absolute Gasteiger partial charge is 0.388 e. The lowest BCUT2D eigenvalue weighted by Crippen LogP contribution is -2.49. The van der Waals surface area contributed by atoms with Crippen molar-refractivity contribution in [1.29, 1.82) is 0 Å². The fraction of sp³-hybridized carbons (Fsp3) is 0.444. The highest BCUT2D eigenvalue weighted by molar-refractivity contribution is 6.36. The normalized spacial score (nSPS) is 18.6. The number of rotatable bonds is 3. The number of hydrogen-bond donors (Lipinski definition) is 2. The van der Waals surface area contributed by atoms with Gasteiger partial charge in [-0.2, -0.15) is 0 Å². The highest BCUT2D eigenvalue weighted by Crippen LogP contribution is 2.29. The summed E-state index contributed by atoms with van der Waals surface area (Å²) in [7, 11) is 0. The number of anilines is 1. The van der Waals surface area contributed by atoms with E-state index >= 15 is 0 Å². The molecule has 136 valence electrons. The first kappa shape index (κ1) is 17.3. The maximum Gasteiger partial charge on any atom is 0.147 e. The number of halogens is 1. The summed E-state index contributed by atoms with van der Waals surface area (Å²) in [5, 5.41) is 10.9. The number of nitrogens with zero attached hydrogens (tertiary/aromatic N) is 5. The maximum atomic E-state index is 10.3. The van der Waals surface area contributed by atoms with Crippen LogP contribution in [0.15, 0.2) is 23.5 Å². The molecule has 4 heterocycles. The van der Waals surface area contributed by atoms with Gasteiger partial charge in [0.05, 0.1) is 40.5 Å². The number of nitrogens with two attached hydrogens (primary N) is 1. The Balaban J connectivity index is 1.58. The van der Waals surface area contributed by atoms with Crippen molar-refractivity contribution in [3.8, 4) is 0 Å². The molecule has 8 heteroatoms. The van der Waals surface area contributed by atoms with Crippen molar-refractivity contribution in [3.63, 3.8) is 0 Å². The van der Waals surface area contributed by atoms with E-state index in [2.05, 4.69) is 19.9 Å². The van der Waals surface area contributed by atoms with Crippen LogP contribution < -0.4 is 10.6 Å². The van der Waals surface area contributed by atoms with Crippen LogP contribution in [0.3, 0.4) is 0 Å². The number of aryl methyl sites for hydroxylation is 1. The van der Waals surface area contributed by atoms with E-state index < -0.39 is 5.60 Å². The molecule has 2 aromatic rings. The number of pyridine rings is 1. The van der Waals surface area contributed by atoms with E-state index in [1.165, 1.54) is 0 Å². The molecule has 0 spiro atoms. The molecule has 3 N–H and O–H groups in total. The maximum absolute atomic E-state index is 10.3. The van der Waals surface area contributed by atoms with Crippen LogP contribution in [-0.4, -0.2) is 51.0 Å². The minimum Gasteiger partial charge on any atom is -0.388 e. The predicted molar refractivity (Wildman–Crippen MR) is 101 cm³/mol. The van der Waals surface area contributed by atoms with E-state index in [1.807, 2.05) is 13.0 Å². The molecule has 4 rings (SSSR count). The van der Waals surface area contributed by atoms with Crippen molar-refractivity contribution in [2.75, 3.05) is 24.5 Å². The van der Waals surface area contributed by atoms with Crippen LogP contribution in [0.2, 0.25) is 5.02 Å². The van der Waals surface area contributed by atoms with Crippen molar-refractivity contribution < 1.29 is 5.11 Å². The SMILES string of the molecule is Cc1nccc(C2=NCc3nc(N4CCC(O)(CN)CC4)cnc32)c1Cl. The van der Waals surface area contributed by atoms with Crippen molar-refractivity contribution >= 4 is 23.1 Å². The van der Waals surface area contributed by atoms with Gasteiger partial charge in [0.25, 0.3) is 0 Å². The van der Waals surface area contributed by atoms with E-state index in [9.17, 15) is 5.11 Å². The van der Waals surface area contributed by atoms with Crippen LogP contribution in [0.4, 0.5) is 5.82 Å². The Morgan fingerprint density at radius 3 is 2.81 bits per heavy atom. The minimum absolute atomic E-state index is 0.292. The molecule has 1 fully saturated rings. The Bertz CT molecular complexity index is 876. The van der Waals surface area contributed by atoms with E-state index in [0.29, 0.717) is 44.0 Å². The molecule has 0 aliphatic carbocycles. The molecular weight excluding hydrogens is 352 g/mol. The van der Waals surface area contributed by atoms with Crippen LogP contribution >= 0.6 is 11.6 Å². The Labute approximate surface area is 157 Å². The average Bonchev–Trinajstić information content (AvgIpc) is 3.07. The summed E-state index contributed by atoms with van der Waals surface area (Å²) in [6, 6.07) is 1.86. The molecule has 0 aromatic carbocycles. The van der Waals surface area contributed by atoms with Crippen LogP contribution in [0, 0.1) is 6.92 Å². The zero-order valence-corrected chi connectivity index (χ0v) is 15.4. The average molecular weight is 373 g/mol. The standard InChI is InChI=1S/C18H21ClN6O/c1-11-15(19)12(2-5-21-11)16-17-13(8-22-16)24-14(9-23-17)25-6-3-18(26,10-20)4-7-25/h2,5,9,26H,3-4,6-8,10,20H2,1H3. The fourth-order valence-corrected chi connectivity index (χ4v) is 3.61. The Kier molecular flexibility index (Phi) is 4.38. The number of aliphatic hydroxyl groups is 1. The molecule has 7 nitrogen and oxygen atoms in total. The summed E-state index contributed by atoms with van der Waals surface area (Å²) in [6.45, 7) is 4.08. The lowest BCUT2D eigenvalue weighted by molar-refractivity contribution is 0.0248. The monoisotopic (exact) mass is 372 g/mol. The van der Waals surface area contributed by atoms with Gasteiger partial charge in [0.15, 0.2) is 0 Å². The summed E-state index contributed by atoms with van der Waals surface area (Å²) in [5.41, 5.74) is 8.91. The van der Waals surface area contributed by atoms with Gasteiger partial charge in [0.2, 0.25) is 0 Å². The van der Waals surface area contributed by atoms with Crippen molar-refractivity contribution in [2.24, 2.45) is 10.7 Å². The fourth-order valence-electron chi connectivity index (χ4n) is 3.41. The Hall–Kier alpha value is -2.09. The zero-order chi connectivity index (χ0) is 18.3. The molecule has 0 unspecified atom stereocenters. The van der Waals surface area contributed by atoms with Gasteiger partial charge in [0.1, 0.15) is 11.5 Å². The van der Waals surface area contributed by atoms with E-state index in [-0.39, 0.29) is 0 Å². The third kappa shape index (κ3) is 2.96. The molecule has 2 aromatic heterocycles. The van der Waals surface area contributed by atoms with Gasteiger partial charge in [-0.05, 0) is 25.8 Å². The van der Waals surface area contributed by atoms with Gasteiger partial charge in [-0.25, -0.2) is 9.97 Å². The van der Waals surface area contributed by atoms with Gasteiger partial charge in [-0.1, -0.05) is 11.6 Å². The van der Waals surface area contributed by atoms with Crippen molar-refractivity contribution in [1.82, 2.24) is 15.0 Å². The third-order valence-electron chi connectivity index (χ3n) is 5.16. The lowest BCUT2D eigenvalue weighted by atomic mass is 9.92. The third-order valence-corrected chi connectivity index (χ3v) is 5.64. The molecule has 0 radical (unpaired) electrons. The van der Waals surface area contributed by atoms with Gasteiger partial charge in [0, 0.05) is 31.4 Å². The predicted octanol–water partition coefficient (Wildman–Crippen LogP) is 1.47. The lowest BCUT2D eigenvalue weighted by Gasteiger charge is -2.37. The summed E-state index contributed by atoms with van der Waals surface area (Å²) in [5.74, 6) is 0.816. The molecule has 0 atom stereocenters. The number of hydrogen-bond acceptors (Lipinski definition) is 7. The number of aromatic nitrogens is 3. The summed E-state index contributed by atoms with van der Waals surface area (Å²) in [4.78, 5) is 20.3. The molecule has 0 bridgehead atoms. The number of aliphatic imine (C=N–C) groups is 1. The Morgan fingerprint density at radius 2 is 2.08 bits per heavy atom. The van der Waals surface area contributed by atoms with Crippen LogP contribution in [0.25, 0.3) is 0 Å². The summed E-state index contributed by atoms with van der Waals surface area (Å²) in [6.07, 6.45) is 4.77. The first-order chi connectivity index (χ1) is 12.5. The van der Waals surface area contributed by atoms with Crippen molar-refractivity contribution in [2.45, 2.75) is 31.9 Å². The second-order valence-electron chi connectivity index (χ2n) is 6.86. The topological polar surface area (TPSA) is 101 Å². The number of piperidine rings is 1. The number of fused-ring (bicyclic) bond motifs is 1. The molecule has 2 aliphatic heterocycles. The smallest absolute Gasteiger partial charge is 0.147 e. The zero-order valence-electron chi connectivity index (χ0n) is 14.6. The second-order valence-corrected chi connectivity index (χ2v) is 7.24. The Morgan fingerprint density at radius 1 is 1.31 bits per heavy atom. The van der Waals surface area contributed by atoms with E-state index in [1.54, 1.807) is 12.4 Å². The summed E-state index contributed by atoms with van der Waals surface area (Å²) >= 11 is 6.40. The molecule has 0 amide bonds. The van der Waals surface area contributed by atoms with Gasteiger partial charge >= 0.3 is 0 Å². The van der Waals surface area contributed by atoms with Gasteiger partial charge in [-0.3, -0.25) is 9.98 Å². The highest BCUT2D eigenvalue weighted by Gasteiger charge is 2.32. The molecule has 2 aliphatic rings. The molecule has 0 saturated carbocycles. The quantitative estimate of drug-likeness (QED) is 0.846. The summed E-state index contributed by atoms with van der Waals surface area (Å²) < 4.78 is 0. The minimum atomic E-state index is -0.757. The van der Waals surface area contributed by atoms with E-state index in [0.717, 1.165) is 34.2 Å². The molecular formula is C18H21ClN6O. The molecule has 1 saturated heterocycles. The van der Waals surface area contributed by atoms with Gasteiger partial charge < -0.3 is 15.7 Å². The molecule has 26 heavy (non-hydrogen) atoms. The van der Waals surface area contributed by atoms with Crippen LogP contribution in [0.5, 0.6) is 0 Å². The highest BCUT2D eigenvalue weighted by atomic mass is 35.5. The van der Waals surface area contributed by atoms with Crippen molar-refractivity contribution in [3.05, 3.63) is 46.1 Å². The van der Waals surface area contributed by atoms with Crippen LogP contribution in [0.1, 0.15) is 35.5 Å². The van der Waals surface area contributed by atoms with Crippen LogP contribution in [-0.2, 0) is 6.54 Å². The first-order valence-corrected chi connectivity index (χ1v) is 9.08. The van der Waals surface area contributed by atoms with E-state index in [4.69, 9.17) is 22.3 Å². The van der Waals surface area contributed by atoms with Gasteiger partial charge in [-0.15, -0.1) is 0 Å². The first-order valence-electron chi connectivity index (χ1n) is 8.70. The second kappa shape index (κ2) is 6.57.